The van der Waals surface area contributed by atoms with Crippen molar-refractivity contribution in [2.75, 3.05) is 11.9 Å². The zero-order chi connectivity index (χ0) is 7.11. The molecular weight excluding hydrogens is 151 g/mol. The van der Waals surface area contributed by atoms with Crippen molar-refractivity contribution in [1.29, 1.82) is 0 Å². The predicted octanol–water partition coefficient (Wildman–Crippen LogP) is 2.83. The van der Waals surface area contributed by atoms with Gasteiger partial charge >= 0.3 is 0 Å². The maximum Gasteiger partial charge on any atom is 0.136 e. The van der Waals surface area contributed by atoms with Gasteiger partial charge in [0.1, 0.15) is 7.00 Å². The highest BCUT2D eigenvalue weighted by molar-refractivity contribution is 8.51. The van der Waals surface area contributed by atoms with Crippen molar-refractivity contribution < 1.29 is 4.57 Å². The van der Waals surface area contributed by atoms with E-state index in [9.17, 15) is 4.57 Å². The van der Waals surface area contributed by atoms with Gasteiger partial charge in [0, 0.05) is 11.9 Å². The van der Waals surface area contributed by atoms with Gasteiger partial charge in [-0.2, -0.15) is 0 Å². The second-order valence-electron chi connectivity index (χ2n) is 1.39. The van der Waals surface area contributed by atoms with Gasteiger partial charge in [0.05, 0.1) is 0 Å². The Hall–Kier alpha value is -0.0700. The Morgan fingerprint density at radius 2 is 2.11 bits per heavy atom. The molecule has 0 aromatic heterocycles. The summed E-state index contributed by atoms with van der Waals surface area (Å²) in [6, 6.07) is 0. The van der Waals surface area contributed by atoms with Crippen LogP contribution in [0.5, 0.6) is 0 Å². The monoisotopic (exact) mass is 161 g/mol. The van der Waals surface area contributed by atoms with Crippen LogP contribution in [0.15, 0.2) is 25.3 Å². The Balaban J connectivity index is 3.26. The summed E-state index contributed by atoms with van der Waals surface area (Å²) in [5.41, 5.74) is 0. The third-order valence-corrected chi connectivity index (χ3v) is 3.60. The first kappa shape index (κ1) is 8.93. The summed E-state index contributed by atoms with van der Waals surface area (Å²) < 4.78 is 10.8. The lowest BCUT2D eigenvalue weighted by molar-refractivity contribution is 0.597. The minimum Gasteiger partial charge on any atom is -0.275 e. The third-order valence-electron chi connectivity index (χ3n) is 0.615. The van der Waals surface area contributed by atoms with Gasteiger partial charge in [0.25, 0.3) is 0 Å². The molecule has 0 saturated carbocycles. The molecule has 0 rings (SSSR count). The fourth-order valence-corrected chi connectivity index (χ4v) is 2.33. The molecule has 0 bridgehead atoms. The van der Waals surface area contributed by atoms with Gasteiger partial charge in [-0.1, -0.05) is 23.5 Å². The molecule has 0 spiro atoms. The Morgan fingerprint density at radius 1 is 1.44 bits per heavy atom. The molecule has 0 aliphatic rings. The molecule has 0 N–H and O–H groups in total. The van der Waals surface area contributed by atoms with Gasteiger partial charge in [0.2, 0.25) is 0 Å². The fraction of sp³-hybridized carbons (Fsp3) is 0.333. The van der Waals surface area contributed by atoms with Gasteiger partial charge in [-0.05, 0) is 0 Å². The predicted molar refractivity (Wildman–Crippen MR) is 45.3 cm³/mol. The summed E-state index contributed by atoms with van der Waals surface area (Å²) in [4.78, 5) is 0. The number of hydrogen-bond donors (Lipinski definition) is 0. The second kappa shape index (κ2) is 6.06. The standard InChI is InChI=1S/C6H10OPS/c1-3-5-8(7)9-6-4-2/h3-4H,1-2,5-6H2. The quantitative estimate of drug-likeness (QED) is 0.455. The summed E-state index contributed by atoms with van der Waals surface area (Å²) >= 11 is 1.42. The zero-order valence-electron chi connectivity index (χ0n) is 5.25. The largest absolute Gasteiger partial charge is 0.275 e. The maximum atomic E-state index is 10.8. The highest BCUT2D eigenvalue weighted by atomic mass is 32.7. The molecule has 0 fully saturated rings. The molecule has 0 aromatic carbocycles. The van der Waals surface area contributed by atoms with Gasteiger partial charge in [-0.15, -0.1) is 13.2 Å². The first-order valence-electron chi connectivity index (χ1n) is 2.60. The van der Waals surface area contributed by atoms with Crippen molar-refractivity contribution in [1.82, 2.24) is 0 Å². The van der Waals surface area contributed by atoms with Crippen LogP contribution in [0.3, 0.4) is 0 Å². The molecule has 1 nitrogen and oxygen atoms in total. The van der Waals surface area contributed by atoms with Crippen LogP contribution in [0.25, 0.3) is 0 Å². The van der Waals surface area contributed by atoms with E-state index in [1.165, 1.54) is 11.4 Å². The van der Waals surface area contributed by atoms with E-state index in [0.29, 0.717) is 6.16 Å². The molecule has 1 radical (unpaired) electrons. The van der Waals surface area contributed by atoms with Crippen LogP contribution in [0.4, 0.5) is 0 Å². The first-order valence-corrected chi connectivity index (χ1v) is 5.64. The minimum atomic E-state index is -1.11. The lowest BCUT2D eigenvalue weighted by atomic mass is 10.8. The highest BCUT2D eigenvalue weighted by Gasteiger charge is 1.93. The van der Waals surface area contributed by atoms with E-state index >= 15 is 0 Å². The van der Waals surface area contributed by atoms with Gasteiger partial charge in [-0.25, -0.2) is 0 Å². The molecule has 0 aliphatic heterocycles. The smallest absolute Gasteiger partial charge is 0.136 e. The molecule has 0 aromatic rings. The van der Waals surface area contributed by atoms with E-state index < -0.39 is 7.00 Å². The van der Waals surface area contributed by atoms with Crippen LogP contribution >= 0.6 is 18.4 Å². The Kier molecular flexibility index (Phi) is 6.01. The molecule has 51 valence electrons. The number of hydrogen-bond acceptors (Lipinski definition) is 2. The van der Waals surface area contributed by atoms with Crippen LogP contribution < -0.4 is 0 Å². The Bertz CT molecular complexity index is 122. The number of allylic oxidation sites excluding steroid dienone is 1. The van der Waals surface area contributed by atoms with Crippen molar-refractivity contribution in [3.05, 3.63) is 25.3 Å². The molecule has 0 saturated heterocycles. The topological polar surface area (TPSA) is 17.1 Å². The van der Waals surface area contributed by atoms with Crippen LogP contribution in [0.1, 0.15) is 0 Å². The van der Waals surface area contributed by atoms with Crippen molar-refractivity contribution in [3.8, 4) is 0 Å². The average Bonchev–Trinajstić information content (AvgIpc) is 1.85. The normalized spacial score (nSPS) is 10.4. The van der Waals surface area contributed by atoms with E-state index in [2.05, 4.69) is 13.2 Å². The van der Waals surface area contributed by atoms with Crippen molar-refractivity contribution in [3.63, 3.8) is 0 Å². The molecule has 1 unspecified atom stereocenters. The third kappa shape index (κ3) is 5.81. The van der Waals surface area contributed by atoms with Crippen LogP contribution in [0.2, 0.25) is 0 Å². The first-order chi connectivity index (χ1) is 4.31. The van der Waals surface area contributed by atoms with Crippen molar-refractivity contribution >= 4 is 18.4 Å². The summed E-state index contributed by atoms with van der Waals surface area (Å²) in [6.07, 6.45) is 4.03. The molecule has 9 heavy (non-hydrogen) atoms. The van der Waals surface area contributed by atoms with Gasteiger partial charge in [0.15, 0.2) is 0 Å². The summed E-state index contributed by atoms with van der Waals surface area (Å²) in [5.74, 6) is 0.767. The fourth-order valence-electron chi connectivity index (χ4n) is 0.294. The van der Waals surface area contributed by atoms with Crippen LogP contribution in [-0.2, 0) is 4.57 Å². The lowest BCUT2D eigenvalue weighted by Gasteiger charge is -1.90. The Morgan fingerprint density at radius 3 is 2.56 bits per heavy atom. The minimum absolute atomic E-state index is 0.605. The molecule has 3 heteroatoms. The highest BCUT2D eigenvalue weighted by Crippen LogP contribution is 2.36. The van der Waals surface area contributed by atoms with Crippen LogP contribution in [-0.4, -0.2) is 11.9 Å². The van der Waals surface area contributed by atoms with Crippen molar-refractivity contribution in [2.45, 2.75) is 0 Å². The summed E-state index contributed by atoms with van der Waals surface area (Å²) in [7, 11) is -1.11. The zero-order valence-corrected chi connectivity index (χ0v) is 6.96. The molecule has 0 heterocycles. The van der Waals surface area contributed by atoms with E-state index in [1.807, 2.05) is 0 Å². The van der Waals surface area contributed by atoms with Crippen LogP contribution in [0, 0.1) is 0 Å². The molecule has 0 amide bonds. The van der Waals surface area contributed by atoms with Crippen molar-refractivity contribution in [2.24, 2.45) is 0 Å². The van der Waals surface area contributed by atoms with Gasteiger partial charge in [-0.3, -0.25) is 4.57 Å². The van der Waals surface area contributed by atoms with E-state index in [1.54, 1.807) is 12.2 Å². The number of rotatable bonds is 5. The second-order valence-corrected chi connectivity index (χ2v) is 5.01. The van der Waals surface area contributed by atoms with E-state index in [-0.39, 0.29) is 0 Å². The average molecular weight is 161 g/mol. The maximum absolute atomic E-state index is 10.8. The lowest BCUT2D eigenvalue weighted by Crippen LogP contribution is -1.66. The molecule has 0 aliphatic carbocycles. The SMILES string of the molecule is C=CCS[P](=O)CC=C. The molecular formula is C6H10OPS. The van der Waals surface area contributed by atoms with E-state index in [0.717, 1.165) is 5.75 Å². The molecule has 1 atom stereocenters. The van der Waals surface area contributed by atoms with Gasteiger partial charge < -0.3 is 0 Å². The summed E-state index contributed by atoms with van der Waals surface area (Å²) in [5, 5.41) is 0. The Labute approximate surface area is 60.8 Å². The van der Waals surface area contributed by atoms with E-state index in [4.69, 9.17) is 0 Å². The summed E-state index contributed by atoms with van der Waals surface area (Å²) in [6.45, 7) is 7.00.